The third-order valence-electron chi connectivity index (χ3n) is 4.62. The van der Waals surface area contributed by atoms with E-state index in [1.807, 2.05) is 6.26 Å². The first kappa shape index (κ1) is 17.6. The summed E-state index contributed by atoms with van der Waals surface area (Å²) < 4.78 is 19.2. The van der Waals surface area contributed by atoms with E-state index in [4.69, 9.17) is 16.3 Å². The van der Waals surface area contributed by atoms with E-state index >= 15 is 0 Å². The van der Waals surface area contributed by atoms with Gasteiger partial charge < -0.3 is 9.72 Å². The second-order valence-corrected chi connectivity index (χ2v) is 7.48. The van der Waals surface area contributed by atoms with Crippen LogP contribution in [0.15, 0.2) is 33.7 Å². The minimum atomic E-state index is -0.346. The van der Waals surface area contributed by atoms with Crippen LogP contribution >= 0.6 is 23.4 Å². The van der Waals surface area contributed by atoms with Crippen LogP contribution in [0.5, 0.6) is 5.75 Å². The Balaban J connectivity index is 1.57. The lowest BCUT2D eigenvalue weighted by Gasteiger charge is -2.30. The number of rotatable bonds is 3. The van der Waals surface area contributed by atoms with Gasteiger partial charge in [0.15, 0.2) is 5.16 Å². The Morgan fingerprint density at radius 2 is 2.31 bits per heavy atom. The van der Waals surface area contributed by atoms with Crippen LogP contribution in [0.3, 0.4) is 0 Å². The van der Waals surface area contributed by atoms with Gasteiger partial charge in [-0.2, -0.15) is 0 Å². The molecule has 2 aromatic rings. The lowest BCUT2D eigenvalue weighted by atomic mass is 10.0. The third kappa shape index (κ3) is 3.26. The maximum absolute atomic E-state index is 13.5. The SMILES string of the molecule is CSc1nc2c(c(=O)[nH]1)CN(CC1=C(Cl)c3cc(F)ccc3OC1)CC2. The smallest absolute Gasteiger partial charge is 0.256 e. The van der Waals surface area contributed by atoms with Crippen LogP contribution in [-0.4, -0.2) is 40.8 Å². The van der Waals surface area contributed by atoms with Crippen molar-refractivity contribution >= 4 is 28.4 Å². The Hall–Kier alpha value is -1.83. The minimum Gasteiger partial charge on any atom is -0.488 e. The molecule has 1 aromatic carbocycles. The molecule has 0 aliphatic carbocycles. The Morgan fingerprint density at radius 3 is 3.12 bits per heavy atom. The van der Waals surface area contributed by atoms with E-state index in [2.05, 4.69) is 14.9 Å². The highest BCUT2D eigenvalue weighted by Gasteiger charge is 2.25. The van der Waals surface area contributed by atoms with Gasteiger partial charge in [-0.05, 0) is 24.5 Å². The summed E-state index contributed by atoms with van der Waals surface area (Å²) in [7, 11) is 0. The first-order valence-electron chi connectivity index (χ1n) is 8.24. The van der Waals surface area contributed by atoms with Crippen LogP contribution in [0.1, 0.15) is 16.8 Å². The molecule has 0 saturated carbocycles. The molecule has 0 atom stereocenters. The van der Waals surface area contributed by atoms with Crippen molar-refractivity contribution in [1.82, 2.24) is 14.9 Å². The summed E-state index contributed by atoms with van der Waals surface area (Å²) >= 11 is 7.93. The number of benzene rings is 1. The molecule has 4 rings (SSSR count). The standard InChI is InChI=1S/C18H17ClFN3O2S/c1-26-18-21-14-4-5-23(8-13(14)17(24)22-18)7-10-9-25-15-3-2-11(20)6-12(15)16(10)19/h2-3,6H,4-5,7-9H2,1H3,(H,21,22,24). The number of ether oxygens (including phenoxy) is 1. The molecule has 0 amide bonds. The highest BCUT2D eigenvalue weighted by Crippen LogP contribution is 2.36. The molecule has 8 heteroatoms. The quantitative estimate of drug-likeness (QED) is 0.641. The number of hydrogen-bond acceptors (Lipinski definition) is 5. The van der Waals surface area contributed by atoms with Crippen LogP contribution in [0.2, 0.25) is 0 Å². The van der Waals surface area contributed by atoms with Crippen molar-refractivity contribution in [3.63, 3.8) is 0 Å². The van der Waals surface area contributed by atoms with Gasteiger partial charge in [0, 0.05) is 37.2 Å². The van der Waals surface area contributed by atoms with Crippen LogP contribution in [0, 0.1) is 5.82 Å². The molecule has 0 spiro atoms. The van der Waals surface area contributed by atoms with E-state index in [0.29, 0.717) is 53.2 Å². The van der Waals surface area contributed by atoms with E-state index < -0.39 is 0 Å². The predicted octanol–water partition coefficient (Wildman–Crippen LogP) is 3.03. The van der Waals surface area contributed by atoms with Gasteiger partial charge in [0.1, 0.15) is 18.2 Å². The molecule has 136 valence electrons. The highest BCUT2D eigenvalue weighted by molar-refractivity contribution is 7.98. The van der Waals surface area contributed by atoms with Crippen molar-refractivity contribution < 1.29 is 9.13 Å². The summed E-state index contributed by atoms with van der Waals surface area (Å²) in [6.45, 7) is 2.22. The Labute approximate surface area is 159 Å². The number of halogens is 2. The molecule has 2 aliphatic heterocycles. The maximum Gasteiger partial charge on any atom is 0.256 e. The molecule has 1 N–H and O–H groups in total. The Bertz CT molecular complexity index is 960. The van der Waals surface area contributed by atoms with Gasteiger partial charge in [0.05, 0.1) is 16.3 Å². The molecule has 5 nitrogen and oxygen atoms in total. The lowest BCUT2D eigenvalue weighted by molar-refractivity contribution is 0.253. The van der Waals surface area contributed by atoms with Crippen molar-refractivity contribution in [3.8, 4) is 5.75 Å². The molecule has 1 aromatic heterocycles. The van der Waals surface area contributed by atoms with Gasteiger partial charge in [-0.25, -0.2) is 9.37 Å². The molecule has 0 radical (unpaired) electrons. The molecule has 26 heavy (non-hydrogen) atoms. The van der Waals surface area contributed by atoms with Gasteiger partial charge in [-0.15, -0.1) is 0 Å². The summed E-state index contributed by atoms with van der Waals surface area (Å²) in [6, 6.07) is 4.34. The van der Waals surface area contributed by atoms with Gasteiger partial charge in [0.25, 0.3) is 5.56 Å². The van der Waals surface area contributed by atoms with Gasteiger partial charge in [0.2, 0.25) is 0 Å². The number of nitrogens with one attached hydrogen (secondary N) is 1. The minimum absolute atomic E-state index is 0.0866. The molecule has 0 fully saturated rings. The molecule has 2 aliphatic rings. The fraction of sp³-hybridized carbons (Fsp3) is 0.333. The van der Waals surface area contributed by atoms with Crippen LogP contribution in [0.25, 0.3) is 5.03 Å². The first-order valence-corrected chi connectivity index (χ1v) is 9.84. The van der Waals surface area contributed by atoms with Crippen molar-refractivity contribution in [2.24, 2.45) is 0 Å². The average molecular weight is 394 g/mol. The number of thioether (sulfide) groups is 1. The van der Waals surface area contributed by atoms with Gasteiger partial charge >= 0.3 is 0 Å². The normalized spacial score (nSPS) is 16.9. The topological polar surface area (TPSA) is 58.2 Å². The number of nitrogens with zero attached hydrogens (tertiary/aromatic N) is 2. The zero-order valence-electron chi connectivity index (χ0n) is 14.1. The maximum atomic E-state index is 13.5. The fourth-order valence-electron chi connectivity index (χ4n) is 3.29. The molecule has 0 saturated heterocycles. The summed E-state index contributed by atoms with van der Waals surface area (Å²) in [6.07, 6.45) is 2.60. The van der Waals surface area contributed by atoms with Crippen molar-refractivity contribution in [1.29, 1.82) is 0 Å². The second kappa shape index (κ2) is 7.06. The third-order valence-corrected chi connectivity index (χ3v) is 5.68. The molecule has 0 bridgehead atoms. The molecular formula is C18H17ClFN3O2S. The number of hydrogen-bond donors (Lipinski definition) is 1. The van der Waals surface area contributed by atoms with E-state index in [-0.39, 0.29) is 11.4 Å². The van der Waals surface area contributed by atoms with Crippen LogP contribution < -0.4 is 10.3 Å². The first-order chi connectivity index (χ1) is 12.5. The summed E-state index contributed by atoms with van der Waals surface area (Å²) in [5.74, 6) is 0.246. The summed E-state index contributed by atoms with van der Waals surface area (Å²) in [5, 5.41) is 1.17. The van der Waals surface area contributed by atoms with Gasteiger partial charge in [-0.3, -0.25) is 9.69 Å². The zero-order chi connectivity index (χ0) is 18.3. The van der Waals surface area contributed by atoms with Crippen molar-refractivity contribution in [3.05, 3.63) is 56.8 Å². The molecular weight excluding hydrogens is 377 g/mol. The van der Waals surface area contributed by atoms with E-state index in [1.165, 1.54) is 23.9 Å². The number of aromatic amines is 1. The van der Waals surface area contributed by atoms with Crippen LogP contribution in [-0.2, 0) is 13.0 Å². The van der Waals surface area contributed by atoms with Crippen molar-refractivity contribution in [2.75, 3.05) is 26.0 Å². The van der Waals surface area contributed by atoms with Gasteiger partial charge in [-0.1, -0.05) is 23.4 Å². The fourth-order valence-corrected chi connectivity index (χ4v) is 3.95. The van der Waals surface area contributed by atoms with Crippen molar-refractivity contribution in [2.45, 2.75) is 18.1 Å². The summed E-state index contributed by atoms with van der Waals surface area (Å²) in [5.41, 5.74) is 2.94. The Morgan fingerprint density at radius 1 is 1.46 bits per heavy atom. The van der Waals surface area contributed by atoms with E-state index in [1.54, 1.807) is 6.07 Å². The predicted molar refractivity (Wildman–Crippen MR) is 100 cm³/mol. The zero-order valence-corrected chi connectivity index (χ0v) is 15.7. The number of fused-ring (bicyclic) bond motifs is 2. The largest absolute Gasteiger partial charge is 0.488 e. The lowest BCUT2D eigenvalue weighted by Crippen LogP contribution is -2.37. The average Bonchev–Trinajstić information content (AvgIpc) is 2.64. The number of aromatic nitrogens is 2. The second-order valence-electron chi connectivity index (χ2n) is 6.31. The highest BCUT2D eigenvalue weighted by atomic mass is 35.5. The monoisotopic (exact) mass is 393 g/mol. The van der Waals surface area contributed by atoms with Crippen LogP contribution in [0.4, 0.5) is 4.39 Å². The summed E-state index contributed by atoms with van der Waals surface area (Å²) in [4.78, 5) is 21.8. The Kier molecular flexibility index (Phi) is 4.77. The molecule has 3 heterocycles. The van der Waals surface area contributed by atoms with E-state index in [0.717, 1.165) is 17.8 Å². The molecule has 0 unspecified atom stereocenters. The number of H-pyrrole nitrogens is 1. The van der Waals surface area contributed by atoms with E-state index in [9.17, 15) is 9.18 Å².